The molecule has 0 aromatic heterocycles. The normalized spacial score (nSPS) is 16.1. The number of hydrogen-bond acceptors (Lipinski definition) is 4. The van der Waals surface area contributed by atoms with Crippen LogP contribution in [-0.2, 0) is 4.79 Å². The lowest BCUT2D eigenvalue weighted by Crippen LogP contribution is -2.40. The van der Waals surface area contributed by atoms with E-state index in [1.165, 1.54) is 0 Å². The molecular formula is C15H19NO4. The maximum atomic E-state index is 11.9. The summed E-state index contributed by atoms with van der Waals surface area (Å²) in [5.41, 5.74) is 0.564. The van der Waals surface area contributed by atoms with Gasteiger partial charge in [-0.25, -0.2) is 0 Å². The number of carbonyl (C=O) groups is 2. The van der Waals surface area contributed by atoms with Gasteiger partial charge in [-0.05, 0) is 32.4 Å². The first kappa shape index (κ1) is 14.4. The Kier molecular flexibility index (Phi) is 4.27. The number of ether oxygens (including phenoxy) is 2. The third kappa shape index (κ3) is 3.10. The van der Waals surface area contributed by atoms with Crippen LogP contribution in [0.15, 0.2) is 18.2 Å². The molecule has 2 unspecified atom stereocenters. The van der Waals surface area contributed by atoms with Crippen LogP contribution in [0.4, 0.5) is 0 Å². The first-order valence-electron chi connectivity index (χ1n) is 6.78. The standard InChI is InChI=1S/C15H19NO4/c1-4-9(2)16-15(18)10(3)20-11-5-6-12-13(17)8-19-14(12)7-11/h5-7,9-10H,4,8H2,1-3H3,(H,16,18). The lowest BCUT2D eigenvalue weighted by Gasteiger charge is -2.18. The minimum atomic E-state index is -0.598. The van der Waals surface area contributed by atoms with E-state index in [2.05, 4.69) is 5.32 Å². The van der Waals surface area contributed by atoms with Gasteiger partial charge in [-0.3, -0.25) is 9.59 Å². The van der Waals surface area contributed by atoms with Crippen molar-refractivity contribution >= 4 is 11.7 Å². The van der Waals surface area contributed by atoms with E-state index in [-0.39, 0.29) is 24.3 Å². The number of Topliss-reactive ketones (excluding diaryl/α,β-unsaturated/α-hetero) is 1. The smallest absolute Gasteiger partial charge is 0.260 e. The summed E-state index contributed by atoms with van der Waals surface area (Å²) in [7, 11) is 0. The summed E-state index contributed by atoms with van der Waals surface area (Å²) in [6.07, 6.45) is 0.270. The first-order chi connectivity index (χ1) is 9.51. The molecule has 2 atom stereocenters. The molecule has 5 heteroatoms. The summed E-state index contributed by atoms with van der Waals surface area (Å²) in [6.45, 7) is 5.71. The Labute approximate surface area is 118 Å². The summed E-state index contributed by atoms with van der Waals surface area (Å²) >= 11 is 0. The molecule has 2 rings (SSSR count). The highest BCUT2D eigenvalue weighted by Crippen LogP contribution is 2.29. The Hall–Kier alpha value is -2.04. The van der Waals surface area contributed by atoms with Crippen molar-refractivity contribution in [1.82, 2.24) is 5.32 Å². The molecule has 0 bridgehead atoms. The molecule has 1 N–H and O–H groups in total. The molecule has 1 amide bonds. The van der Waals surface area contributed by atoms with Gasteiger partial charge in [0, 0.05) is 12.1 Å². The first-order valence-corrected chi connectivity index (χ1v) is 6.78. The maximum Gasteiger partial charge on any atom is 0.260 e. The van der Waals surface area contributed by atoms with Crippen molar-refractivity contribution in [1.29, 1.82) is 0 Å². The summed E-state index contributed by atoms with van der Waals surface area (Å²) in [4.78, 5) is 23.3. The van der Waals surface area contributed by atoms with E-state index in [1.54, 1.807) is 25.1 Å². The van der Waals surface area contributed by atoms with Gasteiger partial charge < -0.3 is 14.8 Å². The van der Waals surface area contributed by atoms with E-state index in [0.717, 1.165) is 6.42 Å². The molecule has 1 aliphatic heterocycles. The predicted molar refractivity (Wildman–Crippen MR) is 74.3 cm³/mol. The van der Waals surface area contributed by atoms with E-state index in [0.29, 0.717) is 17.1 Å². The zero-order valence-electron chi connectivity index (χ0n) is 11.9. The molecule has 0 saturated heterocycles. The Morgan fingerprint density at radius 1 is 1.45 bits per heavy atom. The summed E-state index contributed by atoms with van der Waals surface area (Å²) in [6, 6.07) is 5.11. The Morgan fingerprint density at radius 2 is 2.20 bits per heavy atom. The van der Waals surface area contributed by atoms with Gasteiger partial charge in [-0.1, -0.05) is 6.92 Å². The quantitative estimate of drug-likeness (QED) is 0.893. The van der Waals surface area contributed by atoms with E-state index in [1.807, 2.05) is 13.8 Å². The van der Waals surface area contributed by atoms with E-state index in [9.17, 15) is 9.59 Å². The molecule has 5 nitrogen and oxygen atoms in total. The summed E-state index contributed by atoms with van der Waals surface area (Å²) in [5, 5.41) is 2.86. The van der Waals surface area contributed by atoms with Crippen LogP contribution in [0, 0.1) is 0 Å². The number of ketones is 1. The van der Waals surface area contributed by atoms with Crippen LogP contribution < -0.4 is 14.8 Å². The van der Waals surface area contributed by atoms with Crippen LogP contribution in [0.1, 0.15) is 37.6 Å². The Morgan fingerprint density at radius 3 is 2.90 bits per heavy atom. The third-order valence-corrected chi connectivity index (χ3v) is 3.30. The number of benzene rings is 1. The fraction of sp³-hybridized carbons (Fsp3) is 0.467. The van der Waals surface area contributed by atoms with Crippen LogP contribution in [0.5, 0.6) is 11.5 Å². The zero-order chi connectivity index (χ0) is 14.7. The van der Waals surface area contributed by atoms with E-state index < -0.39 is 6.10 Å². The summed E-state index contributed by atoms with van der Waals surface area (Å²) in [5.74, 6) is 0.846. The van der Waals surface area contributed by atoms with Gasteiger partial charge in [-0.15, -0.1) is 0 Å². The van der Waals surface area contributed by atoms with E-state index >= 15 is 0 Å². The van der Waals surface area contributed by atoms with Crippen molar-refractivity contribution in [3.63, 3.8) is 0 Å². The van der Waals surface area contributed by atoms with Crippen molar-refractivity contribution in [3.8, 4) is 11.5 Å². The molecule has 0 saturated carbocycles. The lowest BCUT2D eigenvalue weighted by molar-refractivity contribution is -0.127. The van der Waals surface area contributed by atoms with Crippen molar-refractivity contribution in [2.24, 2.45) is 0 Å². The largest absolute Gasteiger partial charge is 0.485 e. The van der Waals surface area contributed by atoms with Crippen LogP contribution in [0.3, 0.4) is 0 Å². The number of rotatable bonds is 5. The number of carbonyl (C=O) groups excluding carboxylic acids is 2. The number of hydrogen-bond donors (Lipinski definition) is 1. The van der Waals surface area contributed by atoms with Gasteiger partial charge in [0.05, 0.1) is 5.56 Å². The van der Waals surface area contributed by atoms with Crippen LogP contribution >= 0.6 is 0 Å². The maximum absolute atomic E-state index is 11.9. The highest BCUT2D eigenvalue weighted by molar-refractivity contribution is 6.02. The second-order valence-corrected chi connectivity index (χ2v) is 4.95. The number of nitrogens with one attached hydrogen (secondary N) is 1. The van der Waals surface area contributed by atoms with Crippen LogP contribution in [0.25, 0.3) is 0 Å². The van der Waals surface area contributed by atoms with Gasteiger partial charge >= 0.3 is 0 Å². The Bertz CT molecular complexity index is 527. The van der Waals surface area contributed by atoms with Gasteiger partial charge in [0.2, 0.25) is 5.78 Å². The van der Waals surface area contributed by atoms with Crippen molar-refractivity contribution in [3.05, 3.63) is 23.8 Å². The molecule has 0 radical (unpaired) electrons. The number of fused-ring (bicyclic) bond motifs is 1. The molecule has 1 heterocycles. The van der Waals surface area contributed by atoms with Gasteiger partial charge in [0.25, 0.3) is 5.91 Å². The van der Waals surface area contributed by atoms with Gasteiger partial charge in [0.15, 0.2) is 12.7 Å². The van der Waals surface area contributed by atoms with Crippen molar-refractivity contribution < 1.29 is 19.1 Å². The SMILES string of the molecule is CCC(C)NC(=O)C(C)Oc1ccc2c(c1)OCC2=O. The highest BCUT2D eigenvalue weighted by atomic mass is 16.5. The zero-order valence-corrected chi connectivity index (χ0v) is 11.9. The molecule has 20 heavy (non-hydrogen) atoms. The fourth-order valence-electron chi connectivity index (χ4n) is 1.87. The Balaban J connectivity index is 2.00. The average Bonchev–Trinajstić information content (AvgIpc) is 2.79. The molecule has 0 spiro atoms. The summed E-state index contributed by atoms with van der Waals surface area (Å²) < 4.78 is 10.8. The van der Waals surface area contributed by atoms with Gasteiger partial charge in [-0.2, -0.15) is 0 Å². The fourth-order valence-corrected chi connectivity index (χ4v) is 1.87. The molecule has 1 aromatic rings. The number of amides is 1. The lowest BCUT2D eigenvalue weighted by atomic mass is 10.1. The monoisotopic (exact) mass is 277 g/mol. The minimum Gasteiger partial charge on any atom is -0.485 e. The molecule has 0 fully saturated rings. The molecule has 108 valence electrons. The van der Waals surface area contributed by atoms with Crippen molar-refractivity contribution in [2.45, 2.75) is 39.3 Å². The minimum absolute atomic E-state index is 0.0332. The average molecular weight is 277 g/mol. The second kappa shape index (κ2) is 5.94. The van der Waals surface area contributed by atoms with E-state index in [4.69, 9.17) is 9.47 Å². The molecule has 1 aliphatic rings. The van der Waals surface area contributed by atoms with Gasteiger partial charge in [0.1, 0.15) is 11.5 Å². The molecule has 1 aromatic carbocycles. The third-order valence-electron chi connectivity index (χ3n) is 3.30. The van der Waals surface area contributed by atoms with Crippen LogP contribution in [0.2, 0.25) is 0 Å². The molecule has 0 aliphatic carbocycles. The van der Waals surface area contributed by atoms with Crippen LogP contribution in [-0.4, -0.2) is 30.4 Å². The molecular weight excluding hydrogens is 258 g/mol. The van der Waals surface area contributed by atoms with Crippen molar-refractivity contribution in [2.75, 3.05) is 6.61 Å². The highest BCUT2D eigenvalue weighted by Gasteiger charge is 2.22. The second-order valence-electron chi connectivity index (χ2n) is 4.95. The predicted octanol–water partition coefficient (Wildman–Crippen LogP) is 1.94. The topological polar surface area (TPSA) is 64.6 Å².